The van der Waals surface area contributed by atoms with E-state index in [9.17, 15) is 14.4 Å². The van der Waals surface area contributed by atoms with Crippen LogP contribution in [0.25, 0.3) is 0 Å². The summed E-state index contributed by atoms with van der Waals surface area (Å²) in [7, 11) is 1.21. The van der Waals surface area contributed by atoms with Crippen molar-refractivity contribution in [3.8, 4) is 5.75 Å². The predicted octanol–water partition coefficient (Wildman–Crippen LogP) is 3.92. The van der Waals surface area contributed by atoms with Crippen LogP contribution in [0.3, 0.4) is 0 Å². The fourth-order valence-corrected chi connectivity index (χ4v) is 2.85. The van der Waals surface area contributed by atoms with Gasteiger partial charge in [-0.15, -0.1) is 0 Å². The van der Waals surface area contributed by atoms with Gasteiger partial charge in [0, 0.05) is 12.1 Å². The first kappa shape index (κ1) is 26.4. The van der Waals surface area contributed by atoms with Gasteiger partial charge in [0.05, 0.1) is 12.8 Å². The van der Waals surface area contributed by atoms with Gasteiger partial charge in [-0.25, -0.2) is 9.59 Å². The molecular formula is C25H31N3O6. The lowest BCUT2D eigenvalue weighted by Gasteiger charge is -2.22. The number of carbonyl (C=O) groups is 3. The van der Waals surface area contributed by atoms with Gasteiger partial charge in [0.2, 0.25) is 5.91 Å². The summed E-state index contributed by atoms with van der Waals surface area (Å²) >= 11 is 0. The van der Waals surface area contributed by atoms with E-state index in [2.05, 4.69) is 10.6 Å². The van der Waals surface area contributed by atoms with Crippen molar-refractivity contribution < 1.29 is 28.6 Å². The Bertz CT molecular complexity index is 984. The molecule has 2 aromatic rings. The van der Waals surface area contributed by atoms with Crippen molar-refractivity contribution in [2.24, 2.45) is 0 Å². The van der Waals surface area contributed by atoms with Crippen molar-refractivity contribution in [2.45, 2.75) is 45.3 Å². The van der Waals surface area contributed by atoms with Crippen LogP contribution in [0.15, 0.2) is 54.6 Å². The van der Waals surface area contributed by atoms with E-state index < -0.39 is 23.7 Å². The van der Waals surface area contributed by atoms with E-state index in [0.29, 0.717) is 17.1 Å². The second-order valence-corrected chi connectivity index (χ2v) is 8.47. The number of rotatable bonds is 10. The van der Waals surface area contributed by atoms with Crippen LogP contribution in [0.2, 0.25) is 0 Å². The van der Waals surface area contributed by atoms with E-state index in [1.807, 2.05) is 30.3 Å². The van der Waals surface area contributed by atoms with E-state index in [0.717, 1.165) is 5.56 Å². The molecule has 2 rings (SSSR count). The third kappa shape index (κ3) is 9.32. The highest BCUT2D eigenvalue weighted by molar-refractivity contribution is 5.99. The number of ether oxygens (including phenoxy) is 3. The number of nitrogens with one attached hydrogen (secondary N) is 3. The normalized spacial score (nSPS) is 11.6. The smallest absolute Gasteiger partial charge is 0.408 e. The van der Waals surface area contributed by atoms with E-state index in [1.54, 1.807) is 45.0 Å². The summed E-state index contributed by atoms with van der Waals surface area (Å²) in [6.07, 6.45) is -0.748. The first-order valence-corrected chi connectivity index (χ1v) is 10.8. The average Bonchev–Trinajstić information content (AvgIpc) is 2.80. The molecule has 34 heavy (non-hydrogen) atoms. The summed E-state index contributed by atoms with van der Waals surface area (Å²) in [6, 6.07) is 15.0. The Morgan fingerprint density at radius 1 is 1.00 bits per heavy atom. The minimum absolute atomic E-state index is 0.0257. The largest absolute Gasteiger partial charge is 0.487 e. The summed E-state index contributed by atoms with van der Waals surface area (Å²) in [6.45, 7) is 5.24. The van der Waals surface area contributed by atoms with Crippen LogP contribution < -0.4 is 15.4 Å². The Hall–Kier alpha value is -3.88. The van der Waals surface area contributed by atoms with Gasteiger partial charge in [-0.1, -0.05) is 30.3 Å². The van der Waals surface area contributed by atoms with Crippen molar-refractivity contribution in [3.05, 3.63) is 60.2 Å². The van der Waals surface area contributed by atoms with Gasteiger partial charge >= 0.3 is 12.1 Å². The molecule has 0 aliphatic rings. The molecule has 0 fully saturated rings. The quantitative estimate of drug-likeness (QED) is 0.358. The molecule has 2 aromatic carbocycles. The Balaban J connectivity index is 1.83. The molecule has 2 amide bonds. The van der Waals surface area contributed by atoms with E-state index >= 15 is 0 Å². The third-order valence-electron chi connectivity index (χ3n) is 4.48. The number of anilines is 1. The highest BCUT2D eigenvalue weighted by Crippen LogP contribution is 2.17. The zero-order valence-corrected chi connectivity index (χ0v) is 19.8. The first-order valence-electron chi connectivity index (χ1n) is 10.8. The number of esters is 1. The fourth-order valence-electron chi connectivity index (χ4n) is 2.85. The maximum Gasteiger partial charge on any atom is 0.408 e. The Labute approximate surface area is 199 Å². The number of benzene rings is 2. The van der Waals surface area contributed by atoms with Crippen LogP contribution in [0, 0.1) is 5.41 Å². The number of hydrogen-bond donors (Lipinski definition) is 3. The number of hydrogen-bond acceptors (Lipinski definition) is 7. The van der Waals surface area contributed by atoms with Crippen molar-refractivity contribution in [3.63, 3.8) is 0 Å². The summed E-state index contributed by atoms with van der Waals surface area (Å²) in [5.74, 6) is -0.438. The number of methoxy groups -OCH3 is 1. The van der Waals surface area contributed by atoms with Crippen molar-refractivity contribution in [1.82, 2.24) is 5.32 Å². The molecule has 1 atom stereocenters. The first-order chi connectivity index (χ1) is 16.1. The zero-order chi connectivity index (χ0) is 25.1. The van der Waals surface area contributed by atoms with Crippen LogP contribution in [-0.2, 0) is 19.1 Å². The van der Waals surface area contributed by atoms with Gasteiger partial charge in [0.1, 0.15) is 24.0 Å². The lowest BCUT2D eigenvalue weighted by Crippen LogP contribution is -2.44. The molecule has 0 bridgehead atoms. The molecule has 3 N–H and O–H groups in total. The lowest BCUT2D eigenvalue weighted by atomic mass is 10.1. The van der Waals surface area contributed by atoms with Crippen molar-refractivity contribution in [1.29, 1.82) is 5.41 Å². The molecular weight excluding hydrogens is 438 g/mol. The van der Waals surface area contributed by atoms with Crippen LogP contribution in [0.5, 0.6) is 5.75 Å². The third-order valence-corrected chi connectivity index (χ3v) is 4.48. The summed E-state index contributed by atoms with van der Waals surface area (Å²) in [5.41, 5.74) is 0.973. The molecule has 0 saturated heterocycles. The summed E-state index contributed by atoms with van der Waals surface area (Å²) in [5, 5.41) is 13.2. The van der Waals surface area contributed by atoms with Crippen molar-refractivity contribution in [2.75, 3.05) is 19.0 Å². The summed E-state index contributed by atoms with van der Waals surface area (Å²) < 4.78 is 15.5. The Morgan fingerprint density at radius 2 is 1.65 bits per heavy atom. The molecule has 9 nitrogen and oxygen atoms in total. The monoisotopic (exact) mass is 469 g/mol. The SMILES string of the molecule is COC(=O)C(CCC(=O)Nc1ccc(OCC(=N)c2ccccc2)cc1)NC(=O)OC(C)(C)C. The van der Waals surface area contributed by atoms with Gasteiger partial charge in [0.15, 0.2) is 0 Å². The van der Waals surface area contributed by atoms with Crippen LogP contribution >= 0.6 is 0 Å². The van der Waals surface area contributed by atoms with Gasteiger partial charge < -0.3 is 30.3 Å². The molecule has 0 radical (unpaired) electrons. The van der Waals surface area contributed by atoms with Crippen LogP contribution in [-0.4, -0.2) is 49.0 Å². The second kappa shape index (κ2) is 12.4. The van der Waals surface area contributed by atoms with Gasteiger partial charge in [0.25, 0.3) is 0 Å². The second-order valence-electron chi connectivity index (χ2n) is 8.47. The number of carbonyl (C=O) groups excluding carboxylic acids is 3. The van der Waals surface area contributed by atoms with E-state index in [-0.39, 0.29) is 25.4 Å². The average molecular weight is 470 g/mol. The highest BCUT2D eigenvalue weighted by atomic mass is 16.6. The van der Waals surface area contributed by atoms with Crippen LogP contribution in [0.4, 0.5) is 10.5 Å². The number of amides is 2. The standard InChI is InChI=1S/C25H31N3O6/c1-25(2,3)34-24(31)28-21(23(30)32-4)14-15-22(29)27-18-10-12-19(13-11-18)33-16-20(26)17-8-6-5-7-9-17/h5-13,21,26H,14-16H2,1-4H3,(H,27,29)(H,28,31). The molecule has 0 aliphatic heterocycles. The minimum Gasteiger partial charge on any atom is -0.487 e. The molecule has 0 heterocycles. The van der Waals surface area contributed by atoms with Crippen molar-refractivity contribution >= 4 is 29.4 Å². The Morgan fingerprint density at radius 3 is 2.24 bits per heavy atom. The van der Waals surface area contributed by atoms with Gasteiger partial charge in [-0.05, 0) is 57.0 Å². The number of alkyl carbamates (subject to hydrolysis) is 1. The lowest BCUT2D eigenvalue weighted by molar-refractivity contribution is -0.143. The maximum atomic E-state index is 12.3. The van der Waals surface area contributed by atoms with E-state index in [1.165, 1.54) is 7.11 Å². The van der Waals surface area contributed by atoms with Gasteiger partial charge in [-0.3, -0.25) is 4.79 Å². The topological polar surface area (TPSA) is 127 Å². The highest BCUT2D eigenvalue weighted by Gasteiger charge is 2.25. The van der Waals surface area contributed by atoms with Crippen LogP contribution in [0.1, 0.15) is 39.2 Å². The maximum absolute atomic E-state index is 12.3. The predicted molar refractivity (Wildman–Crippen MR) is 128 cm³/mol. The molecule has 0 saturated carbocycles. The Kier molecular flexibility index (Phi) is 9.61. The molecule has 9 heteroatoms. The van der Waals surface area contributed by atoms with Gasteiger partial charge in [-0.2, -0.15) is 0 Å². The molecule has 0 spiro atoms. The fraction of sp³-hybridized carbons (Fsp3) is 0.360. The molecule has 182 valence electrons. The van der Waals surface area contributed by atoms with E-state index in [4.69, 9.17) is 19.6 Å². The molecule has 1 unspecified atom stereocenters. The zero-order valence-electron chi connectivity index (χ0n) is 19.8. The molecule has 0 aromatic heterocycles. The molecule has 0 aliphatic carbocycles. The minimum atomic E-state index is -1.01. The summed E-state index contributed by atoms with van der Waals surface area (Å²) in [4.78, 5) is 36.3.